The van der Waals surface area contributed by atoms with Crippen LogP contribution in [0.15, 0.2) is 54.0 Å². The summed E-state index contributed by atoms with van der Waals surface area (Å²) in [5.74, 6) is 2.39. The summed E-state index contributed by atoms with van der Waals surface area (Å²) in [5, 5.41) is 6.81. The third kappa shape index (κ3) is 5.21. The van der Waals surface area contributed by atoms with Gasteiger partial charge in [0.05, 0.1) is 6.10 Å². The van der Waals surface area contributed by atoms with Gasteiger partial charge in [0.25, 0.3) is 0 Å². The highest BCUT2D eigenvalue weighted by Crippen LogP contribution is 2.30. The third-order valence-corrected chi connectivity index (χ3v) is 5.79. The second-order valence-electron chi connectivity index (χ2n) is 6.90. The van der Waals surface area contributed by atoms with E-state index in [1.54, 1.807) is 17.5 Å². The number of nitrogens with one attached hydrogen (secondary N) is 1. The molecular formula is C21H22ClN3OS. The summed E-state index contributed by atoms with van der Waals surface area (Å²) in [5.41, 5.74) is 1.13. The molecular weight excluding hydrogens is 378 g/mol. The minimum Gasteiger partial charge on any atom is -0.490 e. The van der Waals surface area contributed by atoms with E-state index in [0.29, 0.717) is 5.92 Å². The summed E-state index contributed by atoms with van der Waals surface area (Å²) in [7, 11) is 0. The molecule has 0 radical (unpaired) electrons. The molecule has 1 saturated carbocycles. The van der Waals surface area contributed by atoms with Gasteiger partial charge in [-0.25, -0.2) is 9.97 Å². The molecule has 1 N–H and O–H groups in total. The molecule has 1 aromatic carbocycles. The van der Waals surface area contributed by atoms with E-state index in [2.05, 4.69) is 22.4 Å². The van der Waals surface area contributed by atoms with E-state index in [1.807, 2.05) is 35.7 Å². The second-order valence-corrected chi connectivity index (χ2v) is 8.23. The Balaban J connectivity index is 1.29. The molecule has 0 spiro atoms. The molecule has 2 heterocycles. The van der Waals surface area contributed by atoms with Crippen molar-refractivity contribution < 1.29 is 4.74 Å². The molecule has 140 valence electrons. The van der Waals surface area contributed by atoms with Gasteiger partial charge >= 0.3 is 0 Å². The fourth-order valence-corrected chi connectivity index (χ4v) is 4.26. The van der Waals surface area contributed by atoms with Crippen molar-refractivity contribution in [1.29, 1.82) is 0 Å². The van der Waals surface area contributed by atoms with E-state index in [9.17, 15) is 0 Å². The van der Waals surface area contributed by atoms with Gasteiger partial charge in [-0.05, 0) is 68.4 Å². The van der Waals surface area contributed by atoms with Gasteiger partial charge in [-0.3, -0.25) is 0 Å². The van der Waals surface area contributed by atoms with Crippen LogP contribution < -0.4 is 10.1 Å². The number of pyridine rings is 1. The van der Waals surface area contributed by atoms with Crippen molar-refractivity contribution >= 4 is 33.9 Å². The number of aromatic nitrogens is 2. The molecule has 0 atom stereocenters. The van der Waals surface area contributed by atoms with Gasteiger partial charge in [0.1, 0.15) is 11.6 Å². The van der Waals surface area contributed by atoms with Crippen LogP contribution in [0.3, 0.4) is 0 Å². The molecule has 0 saturated heterocycles. The van der Waals surface area contributed by atoms with E-state index in [-0.39, 0.29) is 6.10 Å². The van der Waals surface area contributed by atoms with E-state index >= 15 is 0 Å². The highest BCUT2D eigenvalue weighted by molar-refractivity contribution is 7.13. The predicted octanol–water partition coefficient (Wildman–Crippen LogP) is 6.12. The maximum absolute atomic E-state index is 6.10. The van der Waals surface area contributed by atoms with Crippen LogP contribution in [0.25, 0.3) is 0 Å². The van der Waals surface area contributed by atoms with Crippen molar-refractivity contribution in [1.82, 2.24) is 9.97 Å². The fraction of sp³-hybridized carbons (Fsp3) is 0.333. The largest absolute Gasteiger partial charge is 0.490 e. The topological polar surface area (TPSA) is 47.0 Å². The van der Waals surface area contributed by atoms with Gasteiger partial charge in [0.15, 0.2) is 5.13 Å². The Morgan fingerprint density at radius 1 is 1.11 bits per heavy atom. The molecule has 1 aliphatic carbocycles. The van der Waals surface area contributed by atoms with Crippen molar-refractivity contribution in [3.63, 3.8) is 0 Å². The first-order chi connectivity index (χ1) is 13.2. The van der Waals surface area contributed by atoms with Crippen LogP contribution in [-0.4, -0.2) is 16.1 Å². The molecule has 0 amide bonds. The molecule has 1 aliphatic rings. The number of benzene rings is 1. The van der Waals surface area contributed by atoms with Crippen molar-refractivity contribution in [3.8, 4) is 5.75 Å². The number of halogens is 1. The molecule has 0 bridgehead atoms. The summed E-state index contributed by atoms with van der Waals surface area (Å²) in [6.45, 7) is 0. The highest BCUT2D eigenvalue weighted by Gasteiger charge is 2.23. The van der Waals surface area contributed by atoms with Crippen molar-refractivity contribution in [2.75, 3.05) is 5.32 Å². The lowest BCUT2D eigenvalue weighted by molar-refractivity contribution is 0.131. The molecule has 2 aromatic heterocycles. The Morgan fingerprint density at radius 2 is 1.96 bits per heavy atom. The summed E-state index contributed by atoms with van der Waals surface area (Å²) in [6.07, 6.45) is 7.57. The maximum Gasteiger partial charge on any atom is 0.188 e. The zero-order chi connectivity index (χ0) is 18.5. The summed E-state index contributed by atoms with van der Waals surface area (Å²) in [4.78, 5) is 9.00. The zero-order valence-corrected chi connectivity index (χ0v) is 16.5. The number of anilines is 2. The number of hydrogen-bond donors (Lipinski definition) is 1. The first-order valence-corrected chi connectivity index (χ1v) is 10.5. The molecule has 4 nitrogen and oxygen atoms in total. The number of thiazole rings is 1. The quantitative estimate of drug-likeness (QED) is 0.542. The average Bonchev–Trinajstić information content (AvgIpc) is 3.17. The minimum atomic E-state index is 0.283. The third-order valence-electron chi connectivity index (χ3n) is 4.86. The lowest BCUT2D eigenvalue weighted by atomic mass is 9.84. The normalized spacial score (nSPS) is 19.6. The summed E-state index contributed by atoms with van der Waals surface area (Å²) in [6, 6.07) is 13.8. The number of nitrogens with zero attached hydrogens (tertiary/aromatic N) is 2. The molecule has 1 fully saturated rings. The number of rotatable bonds is 6. The molecule has 27 heavy (non-hydrogen) atoms. The Morgan fingerprint density at radius 3 is 2.74 bits per heavy atom. The Hall–Kier alpha value is -2.11. The monoisotopic (exact) mass is 399 g/mol. The van der Waals surface area contributed by atoms with E-state index in [1.165, 1.54) is 0 Å². The average molecular weight is 400 g/mol. The predicted molar refractivity (Wildman–Crippen MR) is 111 cm³/mol. The Bertz CT molecular complexity index is 863. The van der Waals surface area contributed by atoms with Crippen molar-refractivity contribution in [2.45, 2.75) is 38.2 Å². The van der Waals surface area contributed by atoms with Gasteiger partial charge < -0.3 is 10.1 Å². The fourth-order valence-electron chi connectivity index (χ4n) is 3.54. The summed E-state index contributed by atoms with van der Waals surface area (Å²) >= 11 is 7.61. The first-order valence-electron chi connectivity index (χ1n) is 9.29. The van der Waals surface area contributed by atoms with E-state index in [0.717, 1.165) is 59.5 Å². The van der Waals surface area contributed by atoms with Gasteiger partial charge in [-0.2, -0.15) is 0 Å². The van der Waals surface area contributed by atoms with Crippen LogP contribution in [0, 0.1) is 5.92 Å². The first kappa shape index (κ1) is 18.3. The lowest BCUT2D eigenvalue weighted by Crippen LogP contribution is -2.25. The second kappa shape index (κ2) is 8.72. The van der Waals surface area contributed by atoms with Gasteiger partial charge in [0.2, 0.25) is 0 Å². The van der Waals surface area contributed by atoms with Crippen molar-refractivity contribution in [2.24, 2.45) is 5.92 Å². The Labute approximate surface area is 168 Å². The van der Waals surface area contributed by atoms with Gasteiger partial charge in [-0.1, -0.05) is 23.7 Å². The van der Waals surface area contributed by atoms with Gasteiger partial charge in [0, 0.05) is 22.3 Å². The van der Waals surface area contributed by atoms with Crippen molar-refractivity contribution in [3.05, 3.63) is 64.8 Å². The van der Waals surface area contributed by atoms with E-state index < -0.39 is 0 Å². The number of ether oxygens (including phenoxy) is 1. The molecule has 0 aliphatic heterocycles. The lowest BCUT2D eigenvalue weighted by Gasteiger charge is -2.29. The van der Waals surface area contributed by atoms with Crippen LogP contribution in [0.5, 0.6) is 5.75 Å². The minimum absolute atomic E-state index is 0.283. The molecule has 6 heteroatoms. The van der Waals surface area contributed by atoms with Crippen LogP contribution in [-0.2, 0) is 6.42 Å². The number of hydrogen-bond acceptors (Lipinski definition) is 5. The zero-order valence-electron chi connectivity index (χ0n) is 15.0. The molecule has 3 aromatic rings. The SMILES string of the molecule is Clc1cccc(OC2CCC(Cc3cccc(Nc4nccs4)n3)CC2)c1. The van der Waals surface area contributed by atoms with Crippen LogP contribution >= 0.6 is 22.9 Å². The Kier molecular flexibility index (Phi) is 5.90. The standard InChI is InChI=1S/C21H22ClN3OS/c22-16-3-1-5-19(14-16)26-18-9-7-15(8-10-18)13-17-4-2-6-20(24-17)25-21-23-11-12-27-21/h1-6,11-12,14-15,18H,7-10,13H2,(H,23,24,25). The van der Waals surface area contributed by atoms with Crippen LogP contribution in [0.1, 0.15) is 31.4 Å². The highest BCUT2D eigenvalue weighted by atomic mass is 35.5. The summed E-state index contributed by atoms with van der Waals surface area (Å²) < 4.78 is 6.10. The van der Waals surface area contributed by atoms with Gasteiger partial charge in [-0.15, -0.1) is 11.3 Å². The van der Waals surface area contributed by atoms with E-state index in [4.69, 9.17) is 21.3 Å². The molecule has 4 rings (SSSR count). The molecule has 0 unspecified atom stereocenters. The maximum atomic E-state index is 6.10. The smallest absolute Gasteiger partial charge is 0.188 e. The van der Waals surface area contributed by atoms with Crippen LogP contribution in [0.2, 0.25) is 5.02 Å². The van der Waals surface area contributed by atoms with Crippen LogP contribution in [0.4, 0.5) is 10.9 Å².